The SMILES string of the molecule is O=C(N[C@H](c1ccccn1)C1CC(O)C1)c1cc(=O)[nH]c2cc(F)ccc12. The Hall–Kier alpha value is -3.06. The lowest BCUT2D eigenvalue weighted by atomic mass is 9.76. The molecule has 0 unspecified atom stereocenters. The maximum Gasteiger partial charge on any atom is 0.252 e. The zero-order valence-electron chi connectivity index (χ0n) is 14.4. The van der Waals surface area contributed by atoms with Crippen LogP contribution in [0, 0.1) is 11.7 Å². The number of pyridine rings is 2. The third-order valence-corrected chi connectivity index (χ3v) is 4.96. The molecular weight excluding hydrogens is 349 g/mol. The predicted molar refractivity (Wildman–Crippen MR) is 97.7 cm³/mol. The Bertz CT molecular complexity index is 1050. The molecule has 3 N–H and O–H groups in total. The minimum atomic E-state index is -0.495. The summed E-state index contributed by atoms with van der Waals surface area (Å²) in [7, 11) is 0. The number of amides is 1. The van der Waals surface area contributed by atoms with Crippen LogP contribution in [0.4, 0.5) is 4.39 Å². The number of carbonyl (C=O) groups excluding carboxylic acids is 1. The molecule has 0 aliphatic heterocycles. The molecule has 0 saturated heterocycles. The van der Waals surface area contributed by atoms with Gasteiger partial charge in [-0.1, -0.05) is 6.07 Å². The molecule has 0 spiro atoms. The Labute approximate surface area is 154 Å². The van der Waals surface area contributed by atoms with E-state index >= 15 is 0 Å². The molecule has 3 aromatic rings. The molecule has 1 atom stereocenters. The van der Waals surface area contributed by atoms with E-state index in [4.69, 9.17) is 0 Å². The molecule has 1 aliphatic carbocycles. The van der Waals surface area contributed by atoms with Crippen LogP contribution in [0.2, 0.25) is 0 Å². The number of aliphatic hydroxyl groups excluding tert-OH is 1. The van der Waals surface area contributed by atoms with Crippen LogP contribution in [0.1, 0.15) is 34.9 Å². The molecule has 138 valence electrons. The van der Waals surface area contributed by atoms with Crippen molar-refractivity contribution in [3.8, 4) is 0 Å². The second kappa shape index (κ2) is 6.92. The fourth-order valence-electron chi connectivity index (χ4n) is 3.53. The fourth-order valence-corrected chi connectivity index (χ4v) is 3.53. The second-order valence-corrected chi connectivity index (χ2v) is 6.83. The van der Waals surface area contributed by atoms with Crippen molar-refractivity contribution >= 4 is 16.8 Å². The molecule has 1 aliphatic rings. The van der Waals surface area contributed by atoms with Crippen molar-refractivity contribution in [1.82, 2.24) is 15.3 Å². The van der Waals surface area contributed by atoms with E-state index in [1.54, 1.807) is 12.3 Å². The highest BCUT2D eigenvalue weighted by atomic mass is 19.1. The van der Waals surface area contributed by atoms with E-state index in [1.807, 2.05) is 12.1 Å². The summed E-state index contributed by atoms with van der Waals surface area (Å²) in [6.07, 6.45) is 2.42. The smallest absolute Gasteiger partial charge is 0.252 e. The van der Waals surface area contributed by atoms with Crippen LogP contribution in [0.25, 0.3) is 10.9 Å². The molecule has 6 nitrogen and oxygen atoms in total. The van der Waals surface area contributed by atoms with E-state index in [-0.39, 0.29) is 29.1 Å². The van der Waals surface area contributed by atoms with E-state index in [0.29, 0.717) is 23.9 Å². The average Bonchev–Trinajstić information content (AvgIpc) is 2.63. The summed E-state index contributed by atoms with van der Waals surface area (Å²) in [5, 5.41) is 13.1. The molecule has 2 aromatic heterocycles. The van der Waals surface area contributed by atoms with Gasteiger partial charge < -0.3 is 15.4 Å². The predicted octanol–water partition coefficient (Wildman–Crippen LogP) is 2.30. The lowest BCUT2D eigenvalue weighted by molar-refractivity contribution is 0.0228. The largest absolute Gasteiger partial charge is 0.393 e. The summed E-state index contributed by atoms with van der Waals surface area (Å²) >= 11 is 0. The zero-order valence-corrected chi connectivity index (χ0v) is 14.4. The summed E-state index contributed by atoms with van der Waals surface area (Å²) in [6, 6.07) is 10.2. The first-order valence-electron chi connectivity index (χ1n) is 8.73. The van der Waals surface area contributed by atoms with Gasteiger partial charge in [0, 0.05) is 17.6 Å². The molecule has 7 heteroatoms. The fraction of sp³-hybridized carbons (Fsp3) is 0.250. The number of H-pyrrole nitrogens is 1. The third kappa shape index (κ3) is 3.46. The second-order valence-electron chi connectivity index (χ2n) is 6.83. The summed E-state index contributed by atoms with van der Waals surface area (Å²) in [5.74, 6) is -0.871. The van der Waals surface area contributed by atoms with Gasteiger partial charge in [-0.3, -0.25) is 14.6 Å². The topological polar surface area (TPSA) is 95.1 Å². The molecule has 0 bridgehead atoms. The van der Waals surface area contributed by atoms with Crippen LogP contribution in [-0.4, -0.2) is 27.1 Å². The van der Waals surface area contributed by atoms with Gasteiger partial charge in [0.2, 0.25) is 5.56 Å². The quantitative estimate of drug-likeness (QED) is 0.659. The van der Waals surface area contributed by atoms with E-state index in [0.717, 1.165) is 0 Å². The van der Waals surface area contributed by atoms with Crippen LogP contribution in [0.15, 0.2) is 53.5 Å². The number of halogens is 1. The number of aliphatic hydroxyl groups is 1. The molecule has 1 aromatic carbocycles. The number of hydrogen-bond donors (Lipinski definition) is 3. The monoisotopic (exact) mass is 367 g/mol. The molecule has 1 amide bonds. The number of hydrogen-bond acceptors (Lipinski definition) is 4. The number of carbonyl (C=O) groups is 1. The Balaban J connectivity index is 1.69. The van der Waals surface area contributed by atoms with Gasteiger partial charge in [-0.15, -0.1) is 0 Å². The van der Waals surface area contributed by atoms with Crippen molar-refractivity contribution in [2.24, 2.45) is 5.92 Å². The first-order chi connectivity index (χ1) is 13.0. The lowest BCUT2D eigenvalue weighted by Gasteiger charge is -2.37. The number of nitrogens with zero attached hydrogens (tertiary/aromatic N) is 1. The average molecular weight is 367 g/mol. The normalized spacial score (nSPS) is 20.1. The molecule has 1 fully saturated rings. The summed E-state index contributed by atoms with van der Waals surface area (Å²) in [6.45, 7) is 0. The van der Waals surface area contributed by atoms with Gasteiger partial charge in [-0.2, -0.15) is 0 Å². The number of benzene rings is 1. The van der Waals surface area contributed by atoms with E-state index in [1.165, 1.54) is 24.3 Å². The standard InChI is InChI=1S/C20H18FN3O3/c21-12-4-5-14-15(10-18(26)23-17(14)9-12)20(27)24-19(11-7-13(25)8-11)16-3-1-2-6-22-16/h1-6,9-11,13,19,25H,7-8H2,(H,23,26)(H,24,27)/t11?,13?,19-/m0/s1. The maximum atomic E-state index is 13.5. The molecule has 27 heavy (non-hydrogen) atoms. The van der Waals surface area contributed by atoms with Gasteiger partial charge in [-0.05, 0) is 49.1 Å². The molecule has 1 saturated carbocycles. The van der Waals surface area contributed by atoms with Crippen molar-refractivity contribution in [1.29, 1.82) is 0 Å². The molecule has 4 rings (SSSR count). The Morgan fingerprint density at radius 2 is 2.07 bits per heavy atom. The van der Waals surface area contributed by atoms with Crippen molar-refractivity contribution in [2.45, 2.75) is 25.0 Å². The number of nitrogens with one attached hydrogen (secondary N) is 2. The molecule has 0 radical (unpaired) electrons. The summed E-state index contributed by atoms with van der Waals surface area (Å²) < 4.78 is 13.5. The molecular formula is C20H18FN3O3. The highest BCUT2D eigenvalue weighted by Gasteiger charge is 2.36. The number of aromatic amines is 1. The number of fused-ring (bicyclic) bond motifs is 1. The van der Waals surface area contributed by atoms with Crippen molar-refractivity contribution in [3.05, 3.63) is 76.1 Å². The van der Waals surface area contributed by atoms with Gasteiger partial charge in [-0.25, -0.2) is 4.39 Å². The van der Waals surface area contributed by atoms with Gasteiger partial charge >= 0.3 is 0 Å². The number of rotatable bonds is 4. The highest BCUT2D eigenvalue weighted by Crippen LogP contribution is 2.37. The van der Waals surface area contributed by atoms with Gasteiger partial charge in [0.05, 0.1) is 28.9 Å². The van der Waals surface area contributed by atoms with Crippen LogP contribution < -0.4 is 10.9 Å². The van der Waals surface area contributed by atoms with E-state index in [9.17, 15) is 19.1 Å². The summed E-state index contributed by atoms with van der Waals surface area (Å²) in [5.41, 5.74) is 0.658. The van der Waals surface area contributed by atoms with Crippen molar-refractivity contribution < 1.29 is 14.3 Å². The van der Waals surface area contributed by atoms with Crippen LogP contribution >= 0.6 is 0 Å². The lowest BCUT2D eigenvalue weighted by Crippen LogP contribution is -2.42. The van der Waals surface area contributed by atoms with Crippen molar-refractivity contribution in [2.75, 3.05) is 0 Å². The zero-order chi connectivity index (χ0) is 19.0. The minimum Gasteiger partial charge on any atom is -0.393 e. The molecule has 2 heterocycles. The minimum absolute atomic E-state index is 0.0598. The first kappa shape index (κ1) is 17.4. The summed E-state index contributed by atoms with van der Waals surface area (Å²) in [4.78, 5) is 31.7. The maximum absolute atomic E-state index is 13.5. The van der Waals surface area contributed by atoms with Gasteiger partial charge in [0.1, 0.15) is 5.82 Å². The van der Waals surface area contributed by atoms with Gasteiger partial charge in [0.15, 0.2) is 0 Å². The highest BCUT2D eigenvalue weighted by molar-refractivity contribution is 6.06. The van der Waals surface area contributed by atoms with E-state index in [2.05, 4.69) is 15.3 Å². The Morgan fingerprint density at radius 3 is 2.78 bits per heavy atom. The van der Waals surface area contributed by atoms with E-state index < -0.39 is 17.3 Å². The Kier molecular flexibility index (Phi) is 4.45. The van der Waals surface area contributed by atoms with Crippen LogP contribution in [0.5, 0.6) is 0 Å². The van der Waals surface area contributed by atoms with Crippen molar-refractivity contribution in [3.63, 3.8) is 0 Å². The third-order valence-electron chi connectivity index (χ3n) is 4.96. The van der Waals surface area contributed by atoms with Crippen LogP contribution in [-0.2, 0) is 0 Å². The Morgan fingerprint density at radius 1 is 1.26 bits per heavy atom. The number of aromatic nitrogens is 2. The van der Waals surface area contributed by atoms with Crippen LogP contribution in [0.3, 0.4) is 0 Å². The van der Waals surface area contributed by atoms with Gasteiger partial charge in [0.25, 0.3) is 5.91 Å². The first-order valence-corrected chi connectivity index (χ1v) is 8.73.